The maximum absolute atomic E-state index is 13.4. The number of nitrogens with zero attached hydrogens (tertiary/aromatic N) is 1. The minimum atomic E-state index is -0.260. The fourth-order valence-corrected chi connectivity index (χ4v) is 1.58. The SMILES string of the molecule is Cc1c(F)cccc1Nc1ccccc1C#N. The Balaban J connectivity index is 2.39. The first-order chi connectivity index (χ1) is 8.22. The van der Waals surface area contributed by atoms with E-state index in [1.54, 1.807) is 37.3 Å². The molecule has 2 nitrogen and oxygen atoms in total. The van der Waals surface area contributed by atoms with Gasteiger partial charge in [0.25, 0.3) is 0 Å². The van der Waals surface area contributed by atoms with Gasteiger partial charge in [-0.05, 0) is 31.2 Å². The minimum Gasteiger partial charge on any atom is -0.354 e. The van der Waals surface area contributed by atoms with Crippen molar-refractivity contribution in [1.29, 1.82) is 5.26 Å². The van der Waals surface area contributed by atoms with Crippen molar-refractivity contribution in [3.8, 4) is 6.07 Å². The Hall–Kier alpha value is -2.34. The molecule has 1 N–H and O–H groups in total. The molecule has 0 saturated carbocycles. The van der Waals surface area contributed by atoms with Crippen LogP contribution in [0.5, 0.6) is 0 Å². The maximum atomic E-state index is 13.4. The zero-order valence-corrected chi connectivity index (χ0v) is 9.37. The van der Waals surface area contributed by atoms with Crippen LogP contribution in [0.3, 0.4) is 0 Å². The van der Waals surface area contributed by atoms with Crippen LogP contribution in [0, 0.1) is 24.1 Å². The first-order valence-corrected chi connectivity index (χ1v) is 5.23. The average molecular weight is 226 g/mol. The van der Waals surface area contributed by atoms with E-state index < -0.39 is 0 Å². The van der Waals surface area contributed by atoms with Gasteiger partial charge in [0.05, 0.1) is 11.3 Å². The van der Waals surface area contributed by atoms with Crippen LogP contribution >= 0.6 is 0 Å². The van der Waals surface area contributed by atoms with Crippen LogP contribution in [0.1, 0.15) is 11.1 Å². The normalized spacial score (nSPS) is 9.71. The summed E-state index contributed by atoms with van der Waals surface area (Å²) in [5.74, 6) is -0.260. The number of rotatable bonds is 2. The van der Waals surface area contributed by atoms with E-state index in [-0.39, 0.29) is 5.82 Å². The number of halogens is 1. The number of nitriles is 1. The van der Waals surface area contributed by atoms with Crippen LogP contribution < -0.4 is 5.32 Å². The molecule has 0 aliphatic carbocycles. The van der Waals surface area contributed by atoms with Crippen molar-refractivity contribution in [3.05, 3.63) is 59.4 Å². The lowest BCUT2D eigenvalue weighted by Crippen LogP contribution is -1.97. The highest BCUT2D eigenvalue weighted by molar-refractivity contribution is 5.68. The summed E-state index contributed by atoms with van der Waals surface area (Å²) < 4.78 is 13.4. The van der Waals surface area contributed by atoms with Gasteiger partial charge >= 0.3 is 0 Å². The average Bonchev–Trinajstić information content (AvgIpc) is 2.35. The summed E-state index contributed by atoms with van der Waals surface area (Å²) in [4.78, 5) is 0. The molecule has 0 aliphatic heterocycles. The van der Waals surface area contributed by atoms with Crippen molar-refractivity contribution in [1.82, 2.24) is 0 Å². The van der Waals surface area contributed by atoms with E-state index in [4.69, 9.17) is 5.26 Å². The predicted molar refractivity (Wildman–Crippen MR) is 65.6 cm³/mol. The second-order valence-electron chi connectivity index (χ2n) is 3.69. The van der Waals surface area contributed by atoms with Gasteiger partial charge in [0.2, 0.25) is 0 Å². The van der Waals surface area contributed by atoms with E-state index in [1.165, 1.54) is 6.07 Å². The summed E-state index contributed by atoms with van der Waals surface area (Å²) >= 11 is 0. The van der Waals surface area contributed by atoms with Gasteiger partial charge in [-0.25, -0.2) is 4.39 Å². The lowest BCUT2D eigenvalue weighted by molar-refractivity contribution is 0.619. The van der Waals surface area contributed by atoms with Crippen LogP contribution in [-0.4, -0.2) is 0 Å². The fourth-order valence-electron chi connectivity index (χ4n) is 1.58. The van der Waals surface area contributed by atoms with Crippen molar-refractivity contribution in [2.75, 3.05) is 5.32 Å². The highest BCUT2D eigenvalue weighted by atomic mass is 19.1. The van der Waals surface area contributed by atoms with Gasteiger partial charge in [-0.1, -0.05) is 18.2 Å². The van der Waals surface area contributed by atoms with Gasteiger partial charge < -0.3 is 5.32 Å². The Bertz CT molecular complexity index is 585. The highest BCUT2D eigenvalue weighted by Crippen LogP contribution is 2.24. The molecule has 0 atom stereocenters. The van der Waals surface area contributed by atoms with Crippen LogP contribution in [0.4, 0.5) is 15.8 Å². The number of hydrogen-bond acceptors (Lipinski definition) is 2. The maximum Gasteiger partial charge on any atom is 0.128 e. The van der Waals surface area contributed by atoms with Gasteiger partial charge in [0, 0.05) is 11.3 Å². The lowest BCUT2D eigenvalue weighted by Gasteiger charge is -2.11. The van der Waals surface area contributed by atoms with E-state index in [0.717, 1.165) is 0 Å². The summed E-state index contributed by atoms with van der Waals surface area (Å²) in [5.41, 5.74) is 2.44. The molecule has 3 heteroatoms. The Morgan fingerprint density at radius 3 is 2.53 bits per heavy atom. The number of anilines is 2. The molecule has 0 bridgehead atoms. The first kappa shape index (κ1) is 11.2. The Labute approximate surface area is 99.3 Å². The third kappa shape index (κ3) is 2.26. The van der Waals surface area contributed by atoms with Gasteiger partial charge in [0.1, 0.15) is 11.9 Å². The van der Waals surface area contributed by atoms with E-state index in [2.05, 4.69) is 11.4 Å². The van der Waals surface area contributed by atoms with E-state index in [9.17, 15) is 4.39 Å². The van der Waals surface area contributed by atoms with Crippen LogP contribution in [0.25, 0.3) is 0 Å². The molecule has 0 aliphatic rings. The molecule has 2 rings (SSSR count). The molecule has 0 radical (unpaired) electrons. The smallest absolute Gasteiger partial charge is 0.128 e. The Kier molecular flexibility index (Phi) is 3.06. The van der Waals surface area contributed by atoms with Gasteiger partial charge in [0.15, 0.2) is 0 Å². The number of benzene rings is 2. The van der Waals surface area contributed by atoms with Gasteiger partial charge in [-0.2, -0.15) is 5.26 Å². The third-order valence-corrected chi connectivity index (χ3v) is 2.58. The largest absolute Gasteiger partial charge is 0.354 e. The summed E-state index contributed by atoms with van der Waals surface area (Å²) in [6, 6.07) is 14.1. The molecule has 0 fully saturated rings. The van der Waals surface area contributed by atoms with Crippen LogP contribution in [-0.2, 0) is 0 Å². The van der Waals surface area contributed by atoms with Crippen LogP contribution in [0.15, 0.2) is 42.5 Å². The highest BCUT2D eigenvalue weighted by Gasteiger charge is 2.05. The topological polar surface area (TPSA) is 35.8 Å². The standard InChI is InChI=1S/C14H11FN2/c1-10-12(15)6-4-8-13(10)17-14-7-3-2-5-11(14)9-16/h2-8,17H,1H3. The molecule has 17 heavy (non-hydrogen) atoms. The molecule has 0 heterocycles. The second-order valence-corrected chi connectivity index (χ2v) is 3.69. The van der Waals surface area contributed by atoms with E-state index >= 15 is 0 Å². The minimum absolute atomic E-state index is 0.260. The quantitative estimate of drug-likeness (QED) is 0.846. The zero-order chi connectivity index (χ0) is 12.3. The second kappa shape index (κ2) is 4.67. The van der Waals surface area contributed by atoms with Crippen LogP contribution in [0.2, 0.25) is 0 Å². The number of nitrogens with one attached hydrogen (secondary N) is 1. The molecule has 2 aromatic carbocycles. The fraction of sp³-hybridized carbons (Fsp3) is 0.0714. The first-order valence-electron chi connectivity index (χ1n) is 5.23. The summed E-state index contributed by atoms with van der Waals surface area (Å²) in [6.45, 7) is 1.70. The van der Waals surface area contributed by atoms with Gasteiger partial charge in [-0.15, -0.1) is 0 Å². The van der Waals surface area contributed by atoms with Crippen molar-refractivity contribution < 1.29 is 4.39 Å². The summed E-state index contributed by atoms with van der Waals surface area (Å²) in [6.07, 6.45) is 0. The summed E-state index contributed by atoms with van der Waals surface area (Å²) in [5, 5.41) is 12.0. The Morgan fingerprint density at radius 2 is 1.76 bits per heavy atom. The summed E-state index contributed by atoms with van der Waals surface area (Å²) in [7, 11) is 0. The molecular formula is C14H11FN2. The van der Waals surface area contributed by atoms with E-state index in [0.29, 0.717) is 22.5 Å². The van der Waals surface area contributed by atoms with E-state index in [1.807, 2.05) is 6.07 Å². The third-order valence-electron chi connectivity index (χ3n) is 2.58. The molecule has 0 amide bonds. The molecule has 84 valence electrons. The number of hydrogen-bond donors (Lipinski definition) is 1. The van der Waals surface area contributed by atoms with Gasteiger partial charge in [-0.3, -0.25) is 0 Å². The monoisotopic (exact) mass is 226 g/mol. The predicted octanol–water partition coefficient (Wildman–Crippen LogP) is 3.75. The van der Waals surface area contributed by atoms with Crippen molar-refractivity contribution in [3.63, 3.8) is 0 Å². The molecule has 0 spiro atoms. The van der Waals surface area contributed by atoms with Crippen molar-refractivity contribution in [2.24, 2.45) is 0 Å². The molecular weight excluding hydrogens is 215 g/mol. The van der Waals surface area contributed by atoms with Crippen molar-refractivity contribution in [2.45, 2.75) is 6.92 Å². The molecule has 0 aromatic heterocycles. The number of para-hydroxylation sites is 1. The lowest BCUT2D eigenvalue weighted by atomic mass is 10.1. The molecule has 2 aromatic rings. The molecule has 0 unspecified atom stereocenters. The molecule has 0 saturated heterocycles. The Morgan fingerprint density at radius 1 is 1.06 bits per heavy atom. The van der Waals surface area contributed by atoms with Crippen molar-refractivity contribution >= 4 is 11.4 Å². The zero-order valence-electron chi connectivity index (χ0n) is 9.37.